The number of nitrogens with zero attached hydrogens (tertiary/aromatic N) is 5. The van der Waals surface area contributed by atoms with E-state index in [-0.39, 0.29) is 17.3 Å². The van der Waals surface area contributed by atoms with Crippen LogP contribution in [0.15, 0.2) is 42.9 Å². The van der Waals surface area contributed by atoms with Crippen molar-refractivity contribution in [3.63, 3.8) is 0 Å². The molecule has 0 saturated carbocycles. The highest BCUT2D eigenvalue weighted by molar-refractivity contribution is 6.08. The fourth-order valence-electron chi connectivity index (χ4n) is 2.54. The normalized spacial score (nSPS) is 10.5. The van der Waals surface area contributed by atoms with Crippen LogP contribution in [0.2, 0.25) is 0 Å². The molecule has 0 bridgehead atoms. The molecule has 2 amide bonds. The Bertz CT molecular complexity index is 1040. The average Bonchev–Trinajstić information content (AvgIpc) is 3.28. The summed E-state index contributed by atoms with van der Waals surface area (Å²) in [6, 6.07) is 6.70. The van der Waals surface area contributed by atoms with Gasteiger partial charge in [-0.25, -0.2) is 0 Å². The molecule has 11 heteroatoms. The molecule has 0 aliphatic heterocycles. The van der Waals surface area contributed by atoms with Crippen LogP contribution < -0.4 is 10.6 Å². The van der Waals surface area contributed by atoms with Crippen LogP contribution in [0.3, 0.4) is 0 Å². The number of hydrogen-bond acceptors (Lipinski definition) is 6. The Morgan fingerprint density at radius 1 is 1.18 bits per heavy atom. The highest BCUT2D eigenvalue weighted by Crippen LogP contribution is 2.16. The number of anilines is 1. The first-order chi connectivity index (χ1) is 13.4. The van der Waals surface area contributed by atoms with Gasteiger partial charge < -0.3 is 10.6 Å². The summed E-state index contributed by atoms with van der Waals surface area (Å²) in [6.45, 7) is 0.333. The van der Waals surface area contributed by atoms with E-state index in [9.17, 15) is 19.7 Å². The molecule has 0 radical (unpaired) electrons. The van der Waals surface area contributed by atoms with Gasteiger partial charge in [-0.3, -0.25) is 29.1 Å². The first-order valence-electron chi connectivity index (χ1n) is 8.20. The number of carbonyl (C=O) groups excluding carboxylic acids is 2. The summed E-state index contributed by atoms with van der Waals surface area (Å²) in [4.78, 5) is 34.5. The molecule has 2 N–H and O–H groups in total. The summed E-state index contributed by atoms with van der Waals surface area (Å²) in [5, 5.41) is 23.8. The maximum atomic E-state index is 12.5. The van der Waals surface area contributed by atoms with E-state index in [0.29, 0.717) is 17.8 Å². The quantitative estimate of drug-likeness (QED) is 0.484. The molecule has 0 spiro atoms. The van der Waals surface area contributed by atoms with Gasteiger partial charge in [0.2, 0.25) is 0 Å². The van der Waals surface area contributed by atoms with E-state index in [2.05, 4.69) is 20.8 Å². The molecule has 144 valence electrons. The fourth-order valence-corrected chi connectivity index (χ4v) is 2.54. The summed E-state index contributed by atoms with van der Waals surface area (Å²) in [6.07, 6.45) is 4.06. The fraction of sp³-hybridized carbons (Fsp3) is 0.176. The van der Waals surface area contributed by atoms with E-state index >= 15 is 0 Å². The molecular weight excluding hydrogens is 366 g/mol. The smallest absolute Gasteiger partial charge is 0.307 e. The number of aryl methyl sites for hydroxylation is 1. The summed E-state index contributed by atoms with van der Waals surface area (Å²) in [5.41, 5.74) is 1.55. The van der Waals surface area contributed by atoms with E-state index in [1.54, 1.807) is 37.5 Å². The molecule has 0 aliphatic rings. The second-order valence-corrected chi connectivity index (χ2v) is 5.95. The summed E-state index contributed by atoms with van der Waals surface area (Å²) in [5.74, 6) is -0.793. The largest absolute Gasteiger partial charge is 0.354 e. The number of nitrogens with one attached hydrogen (secondary N) is 2. The highest BCUT2D eigenvalue weighted by atomic mass is 16.6. The number of nitro groups is 1. The Kier molecular flexibility index (Phi) is 5.16. The maximum absolute atomic E-state index is 12.5. The van der Waals surface area contributed by atoms with Gasteiger partial charge in [0.25, 0.3) is 11.8 Å². The van der Waals surface area contributed by atoms with Crippen LogP contribution >= 0.6 is 0 Å². The molecule has 2 aromatic heterocycles. The Morgan fingerprint density at radius 3 is 2.50 bits per heavy atom. The zero-order chi connectivity index (χ0) is 20.3. The SMILES string of the molecule is CNC(=O)c1nn(C)cc1NC(=O)c1ccc(Cn2cc([N+](=O)[O-])cn2)cc1. The van der Waals surface area contributed by atoms with Crippen molar-refractivity contribution in [1.29, 1.82) is 0 Å². The molecule has 0 fully saturated rings. The van der Waals surface area contributed by atoms with Crippen molar-refractivity contribution in [3.05, 3.63) is 69.8 Å². The third-order valence-electron chi connectivity index (χ3n) is 3.91. The van der Waals surface area contributed by atoms with Gasteiger partial charge in [0.05, 0.1) is 17.2 Å². The Hall–Kier alpha value is -4.02. The van der Waals surface area contributed by atoms with E-state index in [4.69, 9.17) is 0 Å². The van der Waals surface area contributed by atoms with Gasteiger partial charge in [0, 0.05) is 25.9 Å². The maximum Gasteiger partial charge on any atom is 0.307 e. The topological polar surface area (TPSA) is 137 Å². The standard InChI is InChI=1S/C17H17N7O4/c1-18-17(26)15-14(10-22(2)21-15)20-16(25)12-5-3-11(4-6-12)8-23-9-13(7-19-23)24(27)28/h3-7,9-10H,8H2,1-2H3,(H,18,26)(H,20,25). The molecule has 11 nitrogen and oxygen atoms in total. The van der Waals surface area contributed by atoms with Gasteiger partial charge in [-0.2, -0.15) is 10.2 Å². The van der Waals surface area contributed by atoms with Gasteiger partial charge in [0.15, 0.2) is 5.69 Å². The molecule has 3 rings (SSSR count). The predicted octanol–water partition coefficient (Wildman–Crippen LogP) is 1.18. The minimum Gasteiger partial charge on any atom is -0.354 e. The van der Waals surface area contributed by atoms with Crippen molar-refractivity contribution in [2.75, 3.05) is 12.4 Å². The van der Waals surface area contributed by atoms with E-state index in [0.717, 1.165) is 5.56 Å². The van der Waals surface area contributed by atoms with Gasteiger partial charge in [0.1, 0.15) is 12.4 Å². The average molecular weight is 383 g/mol. The number of benzene rings is 1. The molecule has 2 heterocycles. The van der Waals surface area contributed by atoms with Crippen LogP contribution in [0.1, 0.15) is 26.4 Å². The lowest BCUT2D eigenvalue weighted by molar-refractivity contribution is -0.385. The third kappa shape index (κ3) is 4.03. The van der Waals surface area contributed by atoms with Crippen molar-refractivity contribution in [2.45, 2.75) is 6.54 Å². The van der Waals surface area contributed by atoms with Crippen molar-refractivity contribution >= 4 is 23.2 Å². The molecule has 3 aromatic rings. The first kappa shape index (κ1) is 18.8. The van der Waals surface area contributed by atoms with Crippen molar-refractivity contribution < 1.29 is 14.5 Å². The van der Waals surface area contributed by atoms with E-state index in [1.165, 1.54) is 28.8 Å². The van der Waals surface area contributed by atoms with Crippen molar-refractivity contribution in [3.8, 4) is 0 Å². The Morgan fingerprint density at radius 2 is 1.89 bits per heavy atom. The molecule has 1 aromatic carbocycles. The zero-order valence-electron chi connectivity index (χ0n) is 15.1. The number of carbonyl (C=O) groups is 2. The first-order valence-corrected chi connectivity index (χ1v) is 8.20. The van der Waals surface area contributed by atoms with E-state index < -0.39 is 10.8 Å². The Balaban J connectivity index is 1.70. The van der Waals surface area contributed by atoms with Crippen molar-refractivity contribution in [2.24, 2.45) is 7.05 Å². The third-order valence-corrected chi connectivity index (χ3v) is 3.91. The van der Waals surface area contributed by atoms with Crippen LogP contribution in [0, 0.1) is 10.1 Å². The molecule has 28 heavy (non-hydrogen) atoms. The second-order valence-electron chi connectivity index (χ2n) is 5.95. The number of rotatable bonds is 6. The van der Waals surface area contributed by atoms with Crippen LogP contribution in [0.5, 0.6) is 0 Å². The van der Waals surface area contributed by atoms with Crippen LogP contribution in [0.25, 0.3) is 0 Å². The monoisotopic (exact) mass is 383 g/mol. The number of hydrogen-bond donors (Lipinski definition) is 2. The minimum absolute atomic E-state index is 0.0839. The van der Waals surface area contributed by atoms with Gasteiger partial charge in [-0.05, 0) is 17.7 Å². The van der Waals surface area contributed by atoms with E-state index in [1.807, 2.05) is 0 Å². The predicted molar refractivity (Wildman–Crippen MR) is 99.0 cm³/mol. The van der Waals surface area contributed by atoms with Gasteiger partial charge in [-0.1, -0.05) is 12.1 Å². The molecular formula is C17H17N7O4. The molecule has 0 aliphatic carbocycles. The summed E-state index contributed by atoms with van der Waals surface area (Å²) >= 11 is 0. The van der Waals surface area contributed by atoms with Crippen LogP contribution in [0.4, 0.5) is 11.4 Å². The van der Waals surface area contributed by atoms with Crippen molar-refractivity contribution in [1.82, 2.24) is 24.9 Å². The van der Waals surface area contributed by atoms with Crippen LogP contribution in [-0.2, 0) is 13.6 Å². The van der Waals surface area contributed by atoms with Gasteiger partial charge in [-0.15, -0.1) is 0 Å². The summed E-state index contributed by atoms with van der Waals surface area (Å²) < 4.78 is 2.88. The second kappa shape index (κ2) is 7.70. The molecule has 0 unspecified atom stereocenters. The number of amides is 2. The number of aromatic nitrogens is 4. The zero-order valence-corrected chi connectivity index (χ0v) is 15.1. The van der Waals surface area contributed by atoms with Crippen LogP contribution in [-0.4, -0.2) is 43.3 Å². The summed E-state index contributed by atoms with van der Waals surface area (Å²) in [7, 11) is 3.13. The molecule has 0 saturated heterocycles. The lowest BCUT2D eigenvalue weighted by Crippen LogP contribution is -2.21. The Labute approximate surface area is 159 Å². The van der Waals surface area contributed by atoms with Gasteiger partial charge >= 0.3 is 5.69 Å². The lowest BCUT2D eigenvalue weighted by atomic mass is 10.1. The molecule has 0 atom stereocenters. The highest BCUT2D eigenvalue weighted by Gasteiger charge is 2.17. The lowest BCUT2D eigenvalue weighted by Gasteiger charge is -2.06. The minimum atomic E-state index is -0.511.